The van der Waals surface area contributed by atoms with Gasteiger partial charge in [0, 0.05) is 5.92 Å². The Morgan fingerprint density at radius 1 is 1.33 bits per heavy atom. The molecule has 1 fully saturated rings. The molecule has 0 atom stereocenters. The Labute approximate surface area is 54.1 Å². The molecule has 0 aromatic rings. The minimum Gasteiger partial charge on any atom is -0.214 e. The van der Waals surface area contributed by atoms with Crippen LogP contribution in [0.5, 0.6) is 0 Å². The van der Waals surface area contributed by atoms with E-state index in [1.807, 2.05) is 13.8 Å². The third-order valence-electron chi connectivity index (χ3n) is 0.970. The van der Waals surface area contributed by atoms with Crippen molar-refractivity contribution in [2.75, 3.05) is 0 Å². The van der Waals surface area contributed by atoms with Crippen LogP contribution in [0, 0.1) is 5.92 Å². The van der Waals surface area contributed by atoms with Crippen molar-refractivity contribution in [3.05, 3.63) is 0 Å². The smallest absolute Gasteiger partial charge is 0.214 e. The summed E-state index contributed by atoms with van der Waals surface area (Å²) in [5.74, 6) is 0.0912. The molecule has 0 radical (unpaired) electrons. The van der Waals surface area contributed by atoms with E-state index in [0.717, 1.165) is 0 Å². The quantitative estimate of drug-likeness (QED) is 0.540. The van der Waals surface area contributed by atoms with E-state index in [2.05, 4.69) is 8.37 Å². The van der Waals surface area contributed by atoms with E-state index in [1.54, 1.807) is 0 Å². The van der Waals surface area contributed by atoms with Crippen molar-refractivity contribution >= 4 is 10.4 Å². The molecule has 1 saturated heterocycles. The molecule has 54 valence electrons. The molecule has 1 aliphatic rings. The van der Waals surface area contributed by atoms with E-state index in [-0.39, 0.29) is 5.92 Å². The zero-order chi connectivity index (χ0) is 7.07. The van der Waals surface area contributed by atoms with Crippen molar-refractivity contribution in [3.63, 3.8) is 0 Å². The van der Waals surface area contributed by atoms with Gasteiger partial charge in [0.2, 0.25) is 0 Å². The van der Waals surface area contributed by atoms with Gasteiger partial charge in [-0.3, -0.25) is 0 Å². The van der Waals surface area contributed by atoms with E-state index in [0.29, 0.717) is 0 Å². The molecule has 0 N–H and O–H groups in total. The molecule has 0 bridgehead atoms. The SMILES string of the molecule is CC(C)C1OS(=O)(=O)O1. The van der Waals surface area contributed by atoms with Gasteiger partial charge in [0.25, 0.3) is 0 Å². The van der Waals surface area contributed by atoms with Crippen LogP contribution in [0.3, 0.4) is 0 Å². The van der Waals surface area contributed by atoms with E-state index >= 15 is 0 Å². The van der Waals surface area contributed by atoms with Gasteiger partial charge in [-0.1, -0.05) is 13.8 Å². The third kappa shape index (κ3) is 1.41. The summed E-state index contributed by atoms with van der Waals surface area (Å²) < 4.78 is 29.0. The second kappa shape index (κ2) is 1.93. The normalized spacial score (nSPS) is 26.1. The maximum Gasteiger partial charge on any atom is 0.405 e. The van der Waals surface area contributed by atoms with Gasteiger partial charge in [-0.25, -0.2) is 8.37 Å². The summed E-state index contributed by atoms with van der Waals surface area (Å²) in [6, 6.07) is 0. The molecule has 0 aromatic heterocycles. The predicted molar refractivity (Wildman–Crippen MR) is 29.7 cm³/mol. The standard InChI is InChI=1S/C4H8O4S/c1-3(2)4-7-9(5,6)8-4/h3-4H,1-2H3. The Balaban J connectivity index is 2.45. The first-order valence-electron chi connectivity index (χ1n) is 2.63. The van der Waals surface area contributed by atoms with Crippen LogP contribution < -0.4 is 0 Å². The van der Waals surface area contributed by atoms with Crippen LogP contribution in [-0.2, 0) is 18.8 Å². The molecule has 0 unspecified atom stereocenters. The zero-order valence-corrected chi connectivity index (χ0v) is 6.01. The van der Waals surface area contributed by atoms with Gasteiger partial charge in [-0.15, -0.1) is 0 Å². The lowest BCUT2D eigenvalue weighted by Gasteiger charge is -2.27. The predicted octanol–water partition coefficient (Wildman–Crippen LogP) is 0.260. The molecular weight excluding hydrogens is 144 g/mol. The highest BCUT2D eigenvalue weighted by Crippen LogP contribution is 2.23. The van der Waals surface area contributed by atoms with Gasteiger partial charge < -0.3 is 0 Å². The number of hydrogen-bond acceptors (Lipinski definition) is 4. The Morgan fingerprint density at radius 2 is 1.78 bits per heavy atom. The van der Waals surface area contributed by atoms with Crippen molar-refractivity contribution in [2.24, 2.45) is 5.92 Å². The summed E-state index contributed by atoms with van der Waals surface area (Å²) in [7, 11) is -3.58. The Kier molecular flexibility index (Phi) is 1.50. The maximum atomic E-state index is 10.2. The van der Waals surface area contributed by atoms with Crippen molar-refractivity contribution in [1.82, 2.24) is 0 Å². The first kappa shape index (κ1) is 6.98. The lowest BCUT2D eigenvalue weighted by atomic mass is 10.2. The molecule has 1 rings (SSSR count). The van der Waals surface area contributed by atoms with Crippen LogP contribution in [0.15, 0.2) is 0 Å². The molecular formula is C4H8O4S. The van der Waals surface area contributed by atoms with Crippen molar-refractivity contribution in [2.45, 2.75) is 20.1 Å². The molecule has 0 aromatic carbocycles. The summed E-state index contributed by atoms with van der Waals surface area (Å²) in [6.45, 7) is 3.64. The first-order chi connectivity index (χ1) is 4.01. The van der Waals surface area contributed by atoms with Gasteiger partial charge in [-0.2, -0.15) is 8.42 Å². The average Bonchev–Trinajstić information content (AvgIpc) is 1.59. The Bertz CT molecular complexity index is 181. The Hall–Kier alpha value is -0.130. The van der Waals surface area contributed by atoms with E-state index < -0.39 is 16.7 Å². The largest absolute Gasteiger partial charge is 0.405 e. The van der Waals surface area contributed by atoms with Crippen molar-refractivity contribution in [1.29, 1.82) is 0 Å². The second-order valence-corrected chi connectivity index (χ2v) is 3.41. The van der Waals surface area contributed by atoms with Gasteiger partial charge in [0.15, 0.2) is 6.29 Å². The average molecular weight is 152 g/mol. The molecule has 1 aliphatic heterocycles. The van der Waals surface area contributed by atoms with Crippen LogP contribution in [0.25, 0.3) is 0 Å². The summed E-state index contributed by atoms with van der Waals surface area (Å²) in [6.07, 6.45) is -0.560. The Morgan fingerprint density at radius 3 is 1.89 bits per heavy atom. The third-order valence-corrected chi connectivity index (χ3v) is 1.82. The fraction of sp³-hybridized carbons (Fsp3) is 1.00. The van der Waals surface area contributed by atoms with E-state index in [9.17, 15) is 8.42 Å². The molecule has 0 spiro atoms. The van der Waals surface area contributed by atoms with Crippen molar-refractivity contribution in [3.8, 4) is 0 Å². The molecule has 1 heterocycles. The first-order valence-corrected chi connectivity index (χ1v) is 3.96. The molecule has 0 aliphatic carbocycles. The second-order valence-electron chi connectivity index (χ2n) is 2.21. The number of hydrogen-bond donors (Lipinski definition) is 0. The van der Waals surface area contributed by atoms with Crippen LogP contribution >= 0.6 is 0 Å². The minimum atomic E-state index is -3.58. The van der Waals surface area contributed by atoms with E-state index in [4.69, 9.17) is 0 Å². The van der Waals surface area contributed by atoms with Crippen LogP contribution in [0.4, 0.5) is 0 Å². The summed E-state index contributed by atoms with van der Waals surface area (Å²) in [5.41, 5.74) is 0. The molecule has 4 nitrogen and oxygen atoms in total. The monoisotopic (exact) mass is 152 g/mol. The van der Waals surface area contributed by atoms with Crippen LogP contribution in [-0.4, -0.2) is 14.7 Å². The topological polar surface area (TPSA) is 52.6 Å². The highest BCUT2D eigenvalue weighted by Gasteiger charge is 2.37. The highest BCUT2D eigenvalue weighted by molar-refractivity contribution is 7.82. The minimum absolute atomic E-state index is 0.0912. The lowest BCUT2D eigenvalue weighted by molar-refractivity contribution is -0.107. The van der Waals surface area contributed by atoms with Crippen LogP contribution in [0.2, 0.25) is 0 Å². The van der Waals surface area contributed by atoms with Gasteiger partial charge in [0.1, 0.15) is 0 Å². The fourth-order valence-corrected chi connectivity index (χ4v) is 1.39. The molecule has 0 amide bonds. The molecule has 0 saturated carbocycles. The maximum absolute atomic E-state index is 10.2. The van der Waals surface area contributed by atoms with Gasteiger partial charge >= 0.3 is 10.4 Å². The van der Waals surface area contributed by atoms with Gasteiger partial charge in [0.05, 0.1) is 0 Å². The molecule has 5 heteroatoms. The van der Waals surface area contributed by atoms with Crippen LogP contribution in [0.1, 0.15) is 13.8 Å². The fourth-order valence-electron chi connectivity index (χ4n) is 0.462. The highest BCUT2D eigenvalue weighted by atomic mass is 32.3. The van der Waals surface area contributed by atoms with Gasteiger partial charge in [-0.05, 0) is 0 Å². The number of rotatable bonds is 1. The molecule has 9 heavy (non-hydrogen) atoms. The zero-order valence-electron chi connectivity index (χ0n) is 5.20. The van der Waals surface area contributed by atoms with Crippen molar-refractivity contribution < 1.29 is 16.8 Å². The summed E-state index contributed by atoms with van der Waals surface area (Å²) in [4.78, 5) is 0. The lowest BCUT2D eigenvalue weighted by Crippen LogP contribution is -2.39. The van der Waals surface area contributed by atoms with E-state index in [1.165, 1.54) is 0 Å². The summed E-state index contributed by atoms with van der Waals surface area (Å²) >= 11 is 0. The summed E-state index contributed by atoms with van der Waals surface area (Å²) in [5, 5.41) is 0.